The van der Waals surface area contributed by atoms with Crippen LogP contribution < -0.4 is 0 Å². The fraction of sp³-hybridized carbons (Fsp3) is 0.630. The van der Waals surface area contributed by atoms with E-state index in [1.54, 1.807) is 0 Å². The number of benzene rings is 1. The highest BCUT2D eigenvalue weighted by Gasteiger charge is 2.63. The lowest BCUT2D eigenvalue weighted by Crippen LogP contribution is -2.54. The van der Waals surface area contributed by atoms with Gasteiger partial charge in [0.1, 0.15) is 5.60 Å². The number of hydrogen-bond donors (Lipinski definition) is 2. The van der Waals surface area contributed by atoms with Crippen LogP contribution in [-0.4, -0.2) is 21.9 Å². The fourth-order valence-corrected chi connectivity index (χ4v) is 7.56. The molecule has 0 aliphatic heterocycles. The standard InChI is InChI=1S/C27H34O2/c1-25-14-11-21(28)18-20(25)8-9-22-23(25)12-15-26(2)24(22)13-17-27(26,29)16-10-19-6-4-3-5-7-19/h3-8,21-24,28-29H,9,11-15,17-18H2,1-2H3/t21-,22-,23+,24+,25-,26-,27-/m0/s1. The Kier molecular flexibility index (Phi) is 4.50. The molecule has 0 amide bonds. The van der Waals surface area contributed by atoms with Gasteiger partial charge in [-0.2, -0.15) is 0 Å². The molecule has 0 unspecified atom stereocenters. The van der Waals surface area contributed by atoms with E-state index < -0.39 is 5.60 Å². The number of rotatable bonds is 0. The van der Waals surface area contributed by atoms with Gasteiger partial charge in [0.2, 0.25) is 0 Å². The molecule has 1 aromatic carbocycles. The first-order valence-corrected chi connectivity index (χ1v) is 11.5. The third-order valence-corrected chi connectivity index (χ3v) is 9.42. The summed E-state index contributed by atoms with van der Waals surface area (Å²) in [5.74, 6) is 8.49. The molecule has 0 heterocycles. The fourth-order valence-electron chi connectivity index (χ4n) is 7.56. The first-order valence-electron chi connectivity index (χ1n) is 11.5. The minimum absolute atomic E-state index is 0.119. The second-order valence-electron chi connectivity index (χ2n) is 10.6. The highest BCUT2D eigenvalue weighted by molar-refractivity contribution is 5.38. The third kappa shape index (κ3) is 2.85. The molecule has 0 bridgehead atoms. The van der Waals surface area contributed by atoms with Gasteiger partial charge in [-0.3, -0.25) is 0 Å². The van der Waals surface area contributed by atoms with Crippen LogP contribution in [0.4, 0.5) is 0 Å². The van der Waals surface area contributed by atoms with E-state index >= 15 is 0 Å². The third-order valence-electron chi connectivity index (χ3n) is 9.42. The molecule has 7 atom stereocenters. The van der Waals surface area contributed by atoms with E-state index in [-0.39, 0.29) is 16.9 Å². The van der Waals surface area contributed by atoms with E-state index in [4.69, 9.17) is 0 Å². The lowest BCUT2D eigenvalue weighted by Gasteiger charge is -2.58. The zero-order chi connectivity index (χ0) is 20.3. The maximum atomic E-state index is 11.7. The van der Waals surface area contributed by atoms with Gasteiger partial charge in [0.05, 0.1) is 6.10 Å². The smallest absolute Gasteiger partial charge is 0.131 e. The van der Waals surface area contributed by atoms with Crippen molar-refractivity contribution in [3.8, 4) is 11.8 Å². The molecule has 4 aliphatic carbocycles. The zero-order valence-electron chi connectivity index (χ0n) is 17.8. The van der Waals surface area contributed by atoms with Crippen LogP contribution >= 0.6 is 0 Å². The van der Waals surface area contributed by atoms with Crippen molar-refractivity contribution in [2.75, 3.05) is 0 Å². The molecule has 2 nitrogen and oxygen atoms in total. The molecule has 0 saturated heterocycles. The Morgan fingerprint density at radius 3 is 2.52 bits per heavy atom. The summed E-state index contributed by atoms with van der Waals surface area (Å²) in [5, 5.41) is 21.9. The summed E-state index contributed by atoms with van der Waals surface area (Å²) in [7, 11) is 0. The number of allylic oxidation sites excluding steroid dienone is 1. The van der Waals surface area contributed by atoms with E-state index in [0.29, 0.717) is 17.8 Å². The van der Waals surface area contributed by atoms with Gasteiger partial charge in [-0.1, -0.05) is 55.5 Å². The second kappa shape index (κ2) is 6.73. The molecule has 29 heavy (non-hydrogen) atoms. The van der Waals surface area contributed by atoms with E-state index in [9.17, 15) is 10.2 Å². The van der Waals surface area contributed by atoms with Gasteiger partial charge in [-0.15, -0.1) is 0 Å². The van der Waals surface area contributed by atoms with Gasteiger partial charge in [-0.05, 0) is 86.7 Å². The molecule has 1 aromatic rings. The summed E-state index contributed by atoms with van der Waals surface area (Å²) >= 11 is 0. The summed E-state index contributed by atoms with van der Waals surface area (Å²) in [5.41, 5.74) is 1.75. The lowest BCUT2D eigenvalue weighted by atomic mass is 9.47. The van der Waals surface area contributed by atoms with Crippen LogP contribution in [0.15, 0.2) is 42.0 Å². The monoisotopic (exact) mass is 390 g/mol. The van der Waals surface area contributed by atoms with Gasteiger partial charge in [0.25, 0.3) is 0 Å². The van der Waals surface area contributed by atoms with Gasteiger partial charge in [0, 0.05) is 11.0 Å². The summed E-state index contributed by atoms with van der Waals surface area (Å²) in [6.45, 7) is 4.77. The maximum Gasteiger partial charge on any atom is 0.131 e. The highest BCUT2D eigenvalue weighted by Crippen LogP contribution is 2.67. The SMILES string of the molecule is C[C@]12CC[C@H](O)CC1=CC[C@H]1[C@H]2CC[C@@]2(C)[C@@H]1CC[C@@]2(O)C#Cc1ccccc1. The molecule has 0 aromatic heterocycles. The minimum Gasteiger partial charge on any atom is -0.393 e. The number of aliphatic hydroxyl groups excluding tert-OH is 1. The molecule has 0 radical (unpaired) electrons. The lowest BCUT2D eigenvalue weighted by molar-refractivity contribution is -0.0970. The van der Waals surface area contributed by atoms with Gasteiger partial charge in [0.15, 0.2) is 0 Å². The van der Waals surface area contributed by atoms with Gasteiger partial charge >= 0.3 is 0 Å². The predicted molar refractivity (Wildman–Crippen MR) is 116 cm³/mol. The average molecular weight is 391 g/mol. The van der Waals surface area contributed by atoms with Crippen molar-refractivity contribution < 1.29 is 10.2 Å². The van der Waals surface area contributed by atoms with Gasteiger partial charge < -0.3 is 10.2 Å². The molecule has 3 saturated carbocycles. The molecule has 2 N–H and O–H groups in total. The molecular formula is C27H34O2. The van der Waals surface area contributed by atoms with Crippen molar-refractivity contribution in [3.63, 3.8) is 0 Å². The van der Waals surface area contributed by atoms with Crippen LogP contribution in [-0.2, 0) is 0 Å². The molecule has 5 rings (SSSR count). The van der Waals surface area contributed by atoms with E-state index in [0.717, 1.165) is 50.5 Å². The van der Waals surface area contributed by atoms with Crippen molar-refractivity contribution >= 4 is 0 Å². The summed E-state index contributed by atoms with van der Waals surface area (Å²) in [6, 6.07) is 10.1. The topological polar surface area (TPSA) is 40.5 Å². The van der Waals surface area contributed by atoms with Gasteiger partial charge in [-0.25, -0.2) is 0 Å². The predicted octanol–water partition coefficient (Wildman–Crippen LogP) is 5.09. The Morgan fingerprint density at radius 1 is 0.966 bits per heavy atom. The second-order valence-corrected chi connectivity index (χ2v) is 10.6. The normalized spacial score (nSPS) is 45.9. The minimum atomic E-state index is -0.883. The Labute approximate surface area is 175 Å². The highest BCUT2D eigenvalue weighted by atomic mass is 16.3. The molecule has 2 heteroatoms. The Morgan fingerprint density at radius 2 is 1.72 bits per heavy atom. The van der Waals surface area contributed by atoms with Crippen molar-refractivity contribution in [2.24, 2.45) is 28.6 Å². The van der Waals surface area contributed by atoms with E-state index in [2.05, 4.69) is 31.8 Å². The average Bonchev–Trinajstić information content (AvgIpc) is 2.99. The largest absolute Gasteiger partial charge is 0.393 e. The molecular weight excluding hydrogens is 356 g/mol. The molecule has 0 spiro atoms. The zero-order valence-corrected chi connectivity index (χ0v) is 17.8. The number of aliphatic hydroxyl groups is 2. The molecule has 154 valence electrons. The first-order chi connectivity index (χ1) is 13.9. The van der Waals surface area contributed by atoms with Crippen molar-refractivity contribution in [2.45, 2.75) is 76.9 Å². The van der Waals surface area contributed by atoms with Crippen molar-refractivity contribution in [1.29, 1.82) is 0 Å². The molecule has 4 aliphatic rings. The van der Waals surface area contributed by atoms with Crippen molar-refractivity contribution in [1.82, 2.24) is 0 Å². The number of fused-ring (bicyclic) bond motifs is 5. The van der Waals surface area contributed by atoms with E-state index in [1.165, 1.54) is 12.0 Å². The Balaban J connectivity index is 1.45. The van der Waals surface area contributed by atoms with Crippen LogP contribution in [0.25, 0.3) is 0 Å². The van der Waals surface area contributed by atoms with Crippen molar-refractivity contribution in [3.05, 3.63) is 47.5 Å². The molecule has 3 fully saturated rings. The first kappa shape index (κ1) is 19.4. The maximum absolute atomic E-state index is 11.7. The Bertz CT molecular complexity index is 877. The van der Waals surface area contributed by atoms with Crippen LogP contribution in [0, 0.1) is 40.4 Å². The quantitative estimate of drug-likeness (QED) is 0.478. The van der Waals surface area contributed by atoms with Crippen LogP contribution in [0.5, 0.6) is 0 Å². The van der Waals surface area contributed by atoms with Crippen LogP contribution in [0.2, 0.25) is 0 Å². The summed E-state index contributed by atoms with van der Waals surface area (Å²) in [4.78, 5) is 0. The summed E-state index contributed by atoms with van der Waals surface area (Å²) < 4.78 is 0. The van der Waals surface area contributed by atoms with E-state index in [1.807, 2.05) is 30.3 Å². The van der Waals surface area contributed by atoms with Crippen LogP contribution in [0.1, 0.15) is 70.8 Å². The number of hydrogen-bond acceptors (Lipinski definition) is 2. The van der Waals surface area contributed by atoms with Crippen LogP contribution in [0.3, 0.4) is 0 Å². The Hall–Kier alpha value is -1.56. The summed E-state index contributed by atoms with van der Waals surface area (Å²) in [6.07, 6.45) is 10.5.